The number of hydrogen-bond donors (Lipinski definition) is 1. The number of fused-ring (bicyclic) bond motifs is 1. The van der Waals surface area contributed by atoms with Gasteiger partial charge in [-0.05, 0) is 37.0 Å². The molecule has 0 saturated heterocycles. The average molecular weight is 323 g/mol. The first-order chi connectivity index (χ1) is 11.3. The third-order valence-electron chi connectivity index (χ3n) is 6.70. The zero-order chi connectivity index (χ0) is 16.3. The Kier molecular flexibility index (Phi) is 9.65. The van der Waals surface area contributed by atoms with Crippen molar-refractivity contribution in [3.05, 3.63) is 0 Å². The standard InChI is InChI=1S/C22H42O/c1-2-3-4-5-6-7-8-9-10-11-13-19-14-12-15-20-18-21(23)16-17-22(19)20/h19-23H,2-18H2,1H3. The van der Waals surface area contributed by atoms with E-state index in [1.165, 1.54) is 96.3 Å². The molecular formula is C22H42O. The van der Waals surface area contributed by atoms with Crippen molar-refractivity contribution in [2.24, 2.45) is 17.8 Å². The van der Waals surface area contributed by atoms with Crippen LogP contribution in [0.3, 0.4) is 0 Å². The second-order valence-electron chi connectivity index (χ2n) is 8.55. The lowest BCUT2D eigenvalue weighted by atomic mass is 9.64. The molecule has 0 radical (unpaired) electrons. The summed E-state index contributed by atoms with van der Waals surface area (Å²) >= 11 is 0. The molecule has 136 valence electrons. The lowest BCUT2D eigenvalue weighted by molar-refractivity contribution is 0.0185. The van der Waals surface area contributed by atoms with Gasteiger partial charge in [0.05, 0.1) is 6.10 Å². The van der Waals surface area contributed by atoms with Gasteiger partial charge in [0, 0.05) is 0 Å². The van der Waals surface area contributed by atoms with Gasteiger partial charge in [-0.25, -0.2) is 0 Å². The van der Waals surface area contributed by atoms with Crippen molar-refractivity contribution >= 4 is 0 Å². The summed E-state index contributed by atoms with van der Waals surface area (Å²) in [6.07, 6.45) is 23.8. The molecule has 0 spiro atoms. The maximum Gasteiger partial charge on any atom is 0.0543 e. The fraction of sp³-hybridized carbons (Fsp3) is 1.00. The lowest BCUT2D eigenvalue weighted by Gasteiger charge is -2.43. The van der Waals surface area contributed by atoms with Gasteiger partial charge in [0.15, 0.2) is 0 Å². The van der Waals surface area contributed by atoms with E-state index in [2.05, 4.69) is 6.92 Å². The molecule has 2 rings (SSSR count). The maximum atomic E-state index is 9.90. The molecular weight excluding hydrogens is 280 g/mol. The number of hydrogen-bond acceptors (Lipinski definition) is 1. The van der Waals surface area contributed by atoms with Crippen LogP contribution < -0.4 is 0 Å². The van der Waals surface area contributed by atoms with Gasteiger partial charge < -0.3 is 5.11 Å². The Morgan fingerprint density at radius 1 is 0.739 bits per heavy atom. The number of aliphatic hydroxyl groups is 1. The molecule has 2 fully saturated rings. The highest BCUT2D eigenvalue weighted by Gasteiger charge is 2.36. The summed E-state index contributed by atoms with van der Waals surface area (Å²) < 4.78 is 0. The van der Waals surface area contributed by atoms with Gasteiger partial charge in [-0.15, -0.1) is 0 Å². The van der Waals surface area contributed by atoms with Gasteiger partial charge >= 0.3 is 0 Å². The molecule has 23 heavy (non-hydrogen) atoms. The topological polar surface area (TPSA) is 20.2 Å². The average Bonchev–Trinajstić information content (AvgIpc) is 2.56. The van der Waals surface area contributed by atoms with Crippen molar-refractivity contribution in [1.29, 1.82) is 0 Å². The fourth-order valence-electron chi connectivity index (χ4n) is 5.32. The first-order valence-corrected chi connectivity index (χ1v) is 11.0. The molecule has 2 aliphatic rings. The van der Waals surface area contributed by atoms with Crippen molar-refractivity contribution in [2.45, 2.75) is 122 Å². The second kappa shape index (κ2) is 11.5. The van der Waals surface area contributed by atoms with Crippen LogP contribution in [0.4, 0.5) is 0 Å². The number of aliphatic hydroxyl groups excluding tert-OH is 1. The summed E-state index contributed by atoms with van der Waals surface area (Å²) in [4.78, 5) is 0. The Hall–Kier alpha value is -0.0400. The predicted molar refractivity (Wildman–Crippen MR) is 101 cm³/mol. The fourth-order valence-corrected chi connectivity index (χ4v) is 5.32. The zero-order valence-electron chi connectivity index (χ0n) is 15.8. The molecule has 0 bridgehead atoms. The monoisotopic (exact) mass is 322 g/mol. The first-order valence-electron chi connectivity index (χ1n) is 11.0. The Labute approximate surface area is 145 Å². The third kappa shape index (κ3) is 7.16. The summed E-state index contributed by atoms with van der Waals surface area (Å²) in [5.41, 5.74) is 0. The molecule has 4 unspecified atom stereocenters. The molecule has 1 N–H and O–H groups in total. The van der Waals surface area contributed by atoms with Crippen LogP contribution in [-0.4, -0.2) is 11.2 Å². The van der Waals surface area contributed by atoms with E-state index >= 15 is 0 Å². The van der Waals surface area contributed by atoms with Crippen molar-refractivity contribution in [1.82, 2.24) is 0 Å². The minimum atomic E-state index is 0.0207. The van der Waals surface area contributed by atoms with E-state index in [4.69, 9.17) is 0 Å². The molecule has 0 aliphatic heterocycles. The van der Waals surface area contributed by atoms with Crippen molar-refractivity contribution in [3.8, 4) is 0 Å². The van der Waals surface area contributed by atoms with Crippen LogP contribution in [0.15, 0.2) is 0 Å². The van der Waals surface area contributed by atoms with E-state index in [1.54, 1.807) is 0 Å². The summed E-state index contributed by atoms with van der Waals surface area (Å²) in [7, 11) is 0. The maximum absolute atomic E-state index is 9.90. The number of rotatable bonds is 11. The van der Waals surface area contributed by atoms with Crippen molar-refractivity contribution < 1.29 is 5.11 Å². The SMILES string of the molecule is CCCCCCCCCCCCC1CCCC2CC(O)CCC12. The van der Waals surface area contributed by atoms with Crippen LogP contribution in [0.25, 0.3) is 0 Å². The van der Waals surface area contributed by atoms with Crippen LogP contribution >= 0.6 is 0 Å². The van der Waals surface area contributed by atoms with Gasteiger partial charge in [-0.3, -0.25) is 0 Å². The molecule has 0 heterocycles. The van der Waals surface area contributed by atoms with Crippen LogP contribution in [0, 0.1) is 17.8 Å². The van der Waals surface area contributed by atoms with E-state index in [9.17, 15) is 5.11 Å². The molecule has 1 nitrogen and oxygen atoms in total. The third-order valence-corrected chi connectivity index (χ3v) is 6.70. The van der Waals surface area contributed by atoms with Gasteiger partial charge in [0.25, 0.3) is 0 Å². The molecule has 0 aromatic heterocycles. The van der Waals surface area contributed by atoms with Gasteiger partial charge in [-0.1, -0.05) is 96.8 Å². The second-order valence-corrected chi connectivity index (χ2v) is 8.55. The van der Waals surface area contributed by atoms with Gasteiger partial charge in [-0.2, -0.15) is 0 Å². The smallest absolute Gasteiger partial charge is 0.0543 e. The highest BCUT2D eigenvalue weighted by molar-refractivity contribution is 4.87. The summed E-state index contributed by atoms with van der Waals surface area (Å²) in [6, 6.07) is 0. The highest BCUT2D eigenvalue weighted by atomic mass is 16.3. The number of unbranched alkanes of at least 4 members (excludes halogenated alkanes) is 9. The minimum absolute atomic E-state index is 0.0207. The zero-order valence-corrected chi connectivity index (χ0v) is 15.8. The summed E-state index contributed by atoms with van der Waals surface area (Å²) in [6.45, 7) is 2.30. The van der Waals surface area contributed by atoms with Gasteiger partial charge in [0.1, 0.15) is 0 Å². The van der Waals surface area contributed by atoms with Crippen LogP contribution in [0.1, 0.15) is 116 Å². The minimum Gasteiger partial charge on any atom is -0.393 e. The van der Waals surface area contributed by atoms with E-state index < -0.39 is 0 Å². The first kappa shape index (κ1) is 19.3. The van der Waals surface area contributed by atoms with E-state index in [0.29, 0.717) is 0 Å². The molecule has 2 aliphatic carbocycles. The van der Waals surface area contributed by atoms with Crippen molar-refractivity contribution in [3.63, 3.8) is 0 Å². The molecule has 0 aromatic rings. The molecule has 0 aromatic carbocycles. The predicted octanol–water partition coefficient (Wildman–Crippen LogP) is 6.87. The highest BCUT2D eigenvalue weighted by Crippen LogP contribution is 2.45. The quantitative estimate of drug-likeness (QED) is 0.411. The lowest BCUT2D eigenvalue weighted by Crippen LogP contribution is -2.35. The van der Waals surface area contributed by atoms with Gasteiger partial charge in [0.2, 0.25) is 0 Å². The Morgan fingerprint density at radius 2 is 1.39 bits per heavy atom. The Bertz CT molecular complexity index is 288. The molecule has 0 amide bonds. The van der Waals surface area contributed by atoms with Crippen LogP contribution in [-0.2, 0) is 0 Å². The van der Waals surface area contributed by atoms with E-state index in [1.807, 2.05) is 0 Å². The molecule has 2 saturated carbocycles. The van der Waals surface area contributed by atoms with E-state index in [-0.39, 0.29) is 6.10 Å². The Morgan fingerprint density at radius 3 is 2.09 bits per heavy atom. The van der Waals surface area contributed by atoms with Crippen LogP contribution in [0.5, 0.6) is 0 Å². The Balaban J connectivity index is 1.47. The normalized spacial score (nSPS) is 31.0. The summed E-state index contributed by atoms with van der Waals surface area (Å²) in [5, 5.41) is 9.90. The largest absolute Gasteiger partial charge is 0.393 e. The molecule has 4 atom stereocenters. The van der Waals surface area contributed by atoms with Crippen LogP contribution in [0.2, 0.25) is 0 Å². The van der Waals surface area contributed by atoms with E-state index in [0.717, 1.165) is 30.6 Å². The van der Waals surface area contributed by atoms with Crippen molar-refractivity contribution in [2.75, 3.05) is 0 Å². The summed E-state index contributed by atoms with van der Waals surface area (Å²) in [5.74, 6) is 2.82. The molecule has 1 heteroatoms.